The van der Waals surface area contributed by atoms with Gasteiger partial charge in [0.15, 0.2) is 5.76 Å². The van der Waals surface area contributed by atoms with Crippen molar-refractivity contribution in [1.29, 1.82) is 0 Å². The molecule has 3 N–H and O–H groups in total. The summed E-state index contributed by atoms with van der Waals surface area (Å²) >= 11 is 0. The topological polar surface area (TPSA) is 142 Å². The molecule has 0 amide bonds. The van der Waals surface area contributed by atoms with E-state index in [0.717, 1.165) is 57.9 Å². The molecule has 4 aromatic rings. The van der Waals surface area contributed by atoms with Crippen LogP contribution in [-0.2, 0) is 0 Å². The number of hydrogen-bond donors (Lipinski definition) is 2. The number of nitrogen functional groups attached to an aromatic ring is 1. The molecule has 2 aliphatic rings. The molecule has 37 heavy (non-hydrogen) atoms. The van der Waals surface area contributed by atoms with Gasteiger partial charge in [0.05, 0.1) is 11.8 Å². The maximum absolute atomic E-state index is 11.1. The average molecular weight is 504 g/mol. The summed E-state index contributed by atoms with van der Waals surface area (Å²) in [5.41, 5.74) is 7.60. The van der Waals surface area contributed by atoms with Gasteiger partial charge in [-0.15, -0.1) is 5.10 Å². The molecular formula is C25H29N9O3. The third-order valence-electron chi connectivity index (χ3n) is 7.13. The lowest BCUT2D eigenvalue weighted by Gasteiger charge is -2.40. The molecule has 5 heterocycles. The van der Waals surface area contributed by atoms with Gasteiger partial charge < -0.3 is 25.1 Å². The number of piperazine rings is 1. The van der Waals surface area contributed by atoms with E-state index >= 15 is 0 Å². The summed E-state index contributed by atoms with van der Waals surface area (Å²) in [5.74, 6) is 1.84. The molecule has 6 rings (SSSR count). The van der Waals surface area contributed by atoms with E-state index in [9.17, 15) is 4.79 Å². The number of aromatic nitrogens is 5. The van der Waals surface area contributed by atoms with Crippen molar-refractivity contribution in [3.8, 4) is 11.6 Å². The number of carboxylic acid groups (broad SMARTS) is 1. The quantitative estimate of drug-likeness (QED) is 0.399. The number of piperidine rings is 1. The Bertz CT molecular complexity index is 1380. The minimum Gasteiger partial charge on any atom is -0.478 e. The van der Waals surface area contributed by atoms with Crippen molar-refractivity contribution >= 4 is 29.3 Å². The number of aromatic carboxylic acids is 1. The number of nitrogens with zero attached hydrogens (tertiary/aromatic N) is 8. The third kappa shape index (κ3) is 4.79. The highest BCUT2D eigenvalue weighted by Gasteiger charge is 2.27. The van der Waals surface area contributed by atoms with Crippen LogP contribution in [0.1, 0.15) is 23.2 Å². The Hall–Kier alpha value is -4.19. The van der Waals surface area contributed by atoms with Crippen molar-refractivity contribution in [3.63, 3.8) is 0 Å². The second-order valence-corrected chi connectivity index (χ2v) is 9.60. The highest BCUT2D eigenvalue weighted by Crippen LogP contribution is 2.25. The fourth-order valence-electron chi connectivity index (χ4n) is 5.21. The highest BCUT2D eigenvalue weighted by atomic mass is 16.4. The van der Waals surface area contributed by atoms with Gasteiger partial charge in [0, 0.05) is 51.5 Å². The van der Waals surface area contributed by atoms with Crippen LogP contribution >= 0.6 is 0 Å². The molecule has 2 fully saturated rings. The molecule has 0 aliphatic carbocycles. The molecular weight excluding hydrogens is 474 g/mol. The van der Waals surface area contributed by atoms with Crippen LogP contribution in [0.25, 0.3) is 17.4 Å². The Kier molecular flexibility index (Phi) is 6.08. The largest absolute Gasteiger partial charge is 0.478 e. The van der Waals surface area contributed by atoms with E-state index in [4.69, 9.17) is 15.3 Å². The molecule has 0 spiro atoms. The number of anilines is 3. The monoisotopic (exact) mass is 503 g/mol. The van der Waals surface area contributed by atoms with Crippen LogP contribution in [0.15, 0.2) is 47.1 Å². The normalized spacial score (nSPS) is 19.0. The van der Waals surface area contributed by atoms with Crippen LogP contribution in [0.4, 0.5) is 17.6 Å². The highest BCUT2D eigenvalue weighted by molar-refractivity contribution is 5.88. The summed E-state index contributed by atoms with van der Waals surface area (Å²) in [6.45, 7) is 6.56. The van der Waals surface area contributed by atoms with Crippen molar-refractivity contribution in [2.75, 3.05) is 61.3 Å². The van der Waals surface area contributed by atoms with Gasteiger partial charge in [0.2, 0.25) is 17.7 Å². The molecule has 1 aromatic carbocycles. The molecule has 12 nitrogen and oxygen atoms in total. The predicted molar refractivity (Wildman–Crippen MR) is 138 cm³/mol. The van der Waals surface area contributed by atoms with Gasteiger partial charge in [-0.25, -0.2) is 4.79 Å². The van der Waals surface area contributed by atoms with E-state index in [1.807, 2.05) is 12.1 Å². The standard InChI is InChI=1S/C25H29N9O3/c26-23-28-24(29-25-27-21(30-34(23)25)20-4-2-14-37-20)33-9-1-3-17(16-33)15-31-10-12-32(13-11-31)19-7-5-18(6-8-19)22(35)36/h2,4-8,14,17H,1,3,9-13,15-16H2,(H,35,36)(H2,26,27,28,29,30)/t17-/m0/s1. The minimum atomic E-state index is -0.897. The summed E-state index contributed by atoms with van der Waals surface area (Å²) in [6, 6.07) is 10.7. The van der Waals surface area contributed by atoms with Crippen LogP contribution in [0, 0.1) is 5.92 Å². The predicted octanol–water partition coefficient (Wildman–Crippen LogP) is 2.10. The van der Waals surface area contributed by atoms with Crippen molar-refractivity contribution < 1.29 is 14.3 Å². The fourth-order valence-corrected chi connectivity index (χ4v) is 5.21. The smallest absolute Gasteiger partial charge is 0.335 e. The lowest BCUT2D eigenvalue weighted by Crippen LogP contribution is -2.49. The van der Waals surface area contributed by atoms with E-state index in [1.54, 1.807) is 30.5 Å². The van der Waals surface area contributed by atoms with Crippen LogP contribution < -0.4 is 15.5 Å². The summed E-state index contributed by atoms with van der Waals surface area (Å²) in [7, 11) is 0. The number of carboxylic acids is 1. The number of nitrogens with two attached hydrogens (primary N) is 1. The lowest BCUT2D eigenvalue weighted by molar-refractivity contribution is 0.0697. The molecule has 1 atom stereocenters. The van der Waals surface area contributed by atoms with Crippen molar-refractivity contribution in [2.24, 2.45) is 5.92 Å². The van der Waals surface area contributed by atoms with Crippen LogP contribution in [0.5, 0.6) is 0 Å². The van der Waals surface area contributed by atoms with Gasteiger partial charge in [0.25, 0.3) is 5.78 Å². The SMILES string of the molecule is Nc1nc(N2CCC[C@@H](CN3CCN(c4ccc(C(=O)O)cc4)CC3)C2)nc2nc(-c3ccco3)nn12. The Morgan fingerprint density at radius 3 is 2.57 bits per heavy atom. The molecule has 2 aliphatic heterocycles. The van der Waals surface area contributed by atoms with Crippen molar-refractivity contribution in [3.05, 3.63) is 48.2 Å². The number of hydrogen-bond acceptors (Lipinski definition) is 10. The maximum Gasteiger partial charge on any atom is 0.335 e. The zero-order valence-corrected chi connectivity index (χ0v) is 20.4. The first kappa shape index (κ1) is 23.2. The summed E-state index contributed by atoms with van der Waals surface area (Å²) in [6.07, 6.45) is 3.81. The molecule has 0 bridgehead atoms. The second-order valence-electron chi connectivity index (χ2n) is 9.60. The Labute approximate surface area is 213 Å². The number of carbonyl (C=O) groups is 1. The third-order valence-corrected chi connectivity index (χ3v) is 7.13. The van der Waals surface area contributed by atoms with Gasteiger partial charge in [0.1, 0.15) is 0 Å². The maximum atomic E-state index is 11.1. The first-order valence-electron chi connectivity index (χ1n) is 12.5. The first-order chi connectivity index (χ1) is 18.0. The van der Waals surface area contributed by atoms with Gasteiger partial charge in [-0.2, -0.15) is 19.5 Å². The van der Waals surface area contributed by atoms with Gasteiger partial charge in [-0.3, -0.25) is 4.90 Å². The summed E-state index contributed by atoms with van der Waals surface area (Å²) < 4.78 is 6.84. The zero-order valence-electron chi connectivity index (χ0n) is 20.4. The lowest BCUT2D eigenvalue weighted by atomic mass is 9.97. The Balaban J connectivity index is 1.08. The molecule has 12 heteroatoms. The zero-order chi connectivity index (χ0) is 25.4. The Morgan fingerprint density at radius 1 is 1.03 bits per heavy atom. The second kappa shape index (κ2) is 9.69. The van der Waals surface area contributed by atoms with Crippen LogP contribution in [0.3, 0.4) is 0 Å². The number of furan rings is 1. The van der Waals surface area contributed by atoms with E-state index < -0.39 is 5.97 Å². The minimum absolute atomic E-state index is 0.250. The molecule has 192 valence electrons. The van der Waals surface area contributed by atoms with Crippen LogP contribution in [-0.4, -0.2) is 86.4 Å². The van der Waals surface area contributed by atoms with Crippen molar-refractivity contribution in [1.82, 2.24) is 29.5 Å². The number of benzene rings is 1. The van der Waals surface area contributed by atoms with E-state index in [-0.39, 0.29) is 5.95 Å². The van der Waals surface area contributed by atoms with Crippen molar-refractivity contribution in [2.45, 2.75) is 12.8 Å². The number of rotatable bonds is 6. The molecule has 0 unspecified atom stereocenters. The first-order valence-corrected chi connectivity index (χ1v) is 12.5. The molecule has 0 saturated carbocycles. The van der Waals surface area contributed by atoms with E-state index in [1.165, 1.54) is 10.9 Å². The van der Waals surface area contributed by atoms with E-state index in [0.29, 0.717) is 34.8 Å². The number of fused-ring (bicyclic) bond motifs is 1. The van der Waals surface area contributed by atoms with Gasteiger partial charge >= 0.3 is 5.97 Å². The molecule has 0 radical (unpaired) electrons. The summed E-state index contributed by atoms with van der Waals surface area (Å²) in [4.78, 5) is 31.8. The average Bonchev–Trinajstić information content (AvgIpc) is 3.60. The molecule has 2 saturated heterocycles. The van der Waals surface area contributed by atoms with E-state index in [2.05, 4.69) is 34.8 Å². The molecule has 3 aromatic heterocycles. The Morgan fingerprint density at radius 2 is 1.84 bits per heavy atom. The fraction of sp³-hybridized carbons (Fsp3) is 0.400. The van der Waals surface area contributed by atoms with Gasteiger partial charge in [-0.05, 0) is 55.2 Å². The van der Waals surface area contributed by atoms with Gasteiger partial charge in [-0.1, -0.05) is 0 Å². The summed E-state index contributed by atoms with van der Waals surface area (Å²) in [5, 5.41) is 13.5. The van der Waals surface area contributed by atoms with Crippen LogP contribution in [0.2, 0.25) is 0 Å².